The van der Waals surface area contributed by atoms with Gasteiger partial charge in [-0.2, -0.15) is 0 Å². The highest BCUT2D eigenvalue weighted by atomic mass is 16.5. The minimum Gasteiger partial charge on any atom is -0.508 e. The van der Waals surface area contributed by atoms with E-state index in [1.54, 1.807) is 12.1 Å². The Morgan fingerprint density at radius 2 is 1.76 bits per heavy atom. The Morgan fingerprint density at radius 1 is 1.10 bits per heavy atom. The predicted octanol–water partition coefficient (Wildman–Crippen LogP) is 5.58. The summed E-state index contributed by atoms with van der Waals surface area (Å²) in [4.78, 5) is 12.8. The third-order valence-electron chi connectivity index (χ3n) is 5.27. The van der Waals surface area contributed by atoms with Crippen LogP contribution in [0.1, 0.15) is 73.5 Å². The molecule has 3 N–H and O–H groups in total. The van der Waals surface area contributed by atoms with Crippen LogP contribution in [0.15, 0.2) is 42.0 Å². The van der Waals surface area contributed by atoms with E-state index < -0.39 is 6.10 Å². The van der Waals surface area contributed by atoms with Crippen LogP contribution < -0.4 is 4.74 Å². The number of hydrogen-bond acceptors (Lipinski definition) is 5. The molecule has 0 amide bonds. The molecule has 1 unspecified atom stereocenters. The van der Waals surface area contributed by atoms with Crippen molar-refractivity contribution in [2.45, 2.75) is 58.5 Å². The molecule has 0 spiro atoms. The Bertz CT molecular complexity index is 904. The van der Waals surface area contributed by atoms with Crippen LogP contribution in [-0.4, -0.2) is 21.1 Å². The number of benzene rings is 2. The minimum absolute atomic E-state index is 0.0796. The molecule has 0 fully saturated rings. The molecule has 0 aliphatic carbocycles. The molecule has 2 aromatic rings. The van der Waals surface area contributed by atoms with Crippen molar-refractivity contribution in [1.82, 2.24) is 0 Å². The number of aromatic hydroxyl groups is 3. The first-order valence-electron chi connectivity index (χ1n) is 10.2. The van der Waals surface area contributed by atoms with Gasteiger partial charge in [-0.25, -0.2) is 0 Å². The summed E-state index contributed by atoms with van der Waals surface area (Å²) in [6.07, 6.45) is 6.02. The molecule has 1 aliphatic heterocycles. The monoisotopic (exact) mass is 396 g/mol. The van der Waals surface area contributed by atoms with E-state index >= 15 is 0 Å². The largest absolute Gasteiger partial charge is 0.508 e. The molecular formula is C24H28O5. The number of carbonyl (C=O) groups excluding carboxylic acids is 1. The van der Waals surface area contributed by atoms with E-state index in [0.717, 1.165) is 31.2 Å². The second-order valence-electron chi connectivity index (χ2n) is 7.49. The number of phenolic OH excluding ortho intramolecular Hbond substituents is 3. The number of rotatable bonds is 7. The third kappa shape index (κ3) is 4.56. The van der Waals surface area contributed by atoms with E-state index in [1.165, 1.54) is 23.8 Å². The normalized spacial score (nSPS) is 15.5. The second-order valence-corrected chi connectivity index (χ2v) is 7.49. The first kappa shape index (κ1) is 20.8. The summed E-state index contributed by atoms with van der Waals surface area (Å²) in [5, 5.41) is 30.7. The van der Waals surface area contributed by atoms with Gasteiger partial charge in [-0.05, 0) is 37.0 Å². The molecule has 5 heteroatoms. The van der Waals surface area contributed by atoms with Gasteiger partial charge in [0.05, 0.1) is 6.42 Å². The van der Waals surface area contributed by atoms with Crippen molar-refractivity contribution >= 4 is 5.78 Å². The van der Waals surface area contributed by atoms with Gasteiger partial charge in [0.2, 0.25) is 0 Å². The van der Waals surface area contributed by atoms with Crippen LogP contribution in [0.3, 0.4) is 0 Å². The van der Waals surface area contributed by atoms with E-state index in [1.807, 2.05) is 6.08 Å². The van der Waals surface area contributed by atoms with E-state index in [9.17, 15) is 20.1 Å². The summed E-state index contributed by atoms with van der Waals surface area (Å²) >= 11 is 0. The van der Waals surface area contributed by atoms with Gasteiger partial charge < -0.3 is 20.1 Å². The lowest BCUT2D eigenvalue weighted by atomic mass is 9.92. The standard InChI is InChI=1S/C24H28O5/c1-3-5-15(6-4-2)7-12-18-19(26)13-22-23(24(18)28)20(27)14-21(29-22)16-8-10-17(25)11-9-16/h7-11,13,21,25-26,28H,3-6,12,14H2,1-2H3. The van der Waals surface area contributed by atoms with Gasteiger partial charge in [-0.1, -0.05) is 50.5 Å². The Morgan fingerprint density at radius 3 is 2.38 bits per heavy atom. The van der Waals surface area contributed by atoms with Gasteiger partial charge in [0.25, 0.3) is 0 Å². The fourth-order valence-electron chi connectivity index (χ4n) is 3.79. The van der Waals surface area contributed by atoms with Gasteiger partial charge in [0, 0.05) is 11.6 Å². The maximum atomic E-state index is 12.8. The lowest BCUT2D eigenvalue weighted by molar-refractivity contribution is 0.0844. The zero-order valence-corrected chi connectivity index (χ0v) is 16.9. The van der Waals surface area contributed by atoms with Crippen LogP contribution in [0.4, 0.5) is 0 Å². The second kappa shape index (κ2) is 9.03. The first-order valence-corrected chi connectivity index (χ1v) is 10.2. The third-order valence-corrected chi connectivity index (χ3v) is 5.27. The number of fused-ring (bicyclic) bond motifs is 1. The highest BCUT2D eigenvalue weighted by Crippen LogP contribution is 2.44. The van der Waals surface area contributed by atoms with E-state index in [4.69, 9.17) is 4.74 Å². The molecule has 1 aliphatic rings. The molecule has 2 aromatic carbocycles. The van der Waals surface area contributed by atoms with Crippen LogP contribution in [0.2, 0.25) is 0 Å². The molecule has 5 nitrogen and oxygen atoms in total. The summed E-state index contributed by atoms with van der Waals surface area (Å²) in [7, 11) is 0. The average Bonchev–Trinajstić information content (AvgIpc) is 2.68. The van der Waals surface area contributed by atoms with Crippen molar-refractivity contribution in [2.24, 2.45) is 0 Å². The highest BCUT2D eigenvalue weighted by molar-refractivity contribution is 6.03. The predicted molar refractivity (Wildman–Crippen MR) is 112 cm³/mol. The quantitative estimate of drug-likeness (QED) is 0.532. The SMILES string of the molecule is CCCC(=CCc1c(O)cc2c(c1O)C(=O)CC(c1ccc(O)cc1)O2)CCC. The van der Waals surface area contributed by atoms with Crippen LogP contribution in [0, 0.1) is 0 Å². The van der Waals surface area contributed by atoms with Gasteiger partial charge >= 0.3 is 0 Å². The first-order chi connectivity index (χ1) is 13.9. The Labute approximate surface area is 171 Å². The van der Waals surface area contributed by atoms with Gasteiger partial charge in [0.1, 0.15) is 34.7 Å². The van der Waals surface area contributed by atoms with Gasteiger partial charge in [0.15, 0.2) is 5.78 Å². The minimum atomic E-state index is -0.527. The van der Waals surface area contributed by atoms with Crippen molar-refractivity contribution in [1.29, 1.82) is 0 Å². The van der Waals surface area contributed by atoms with Gasteiger partial charge in [-0.15, -0.1) is 0 Å². The van der Waals surface area contributed by atoms with Crippen molar-refractivity contribution in [3.05, 3.63) is 58.7 Å². The van der Waals surface area contributed by atoms with Crippen LogP contribution in [0.5, 0.6) is 23.0 Å². The summed E-state index contributed by atoms with van der Waals surface area (Å²) in [5.41, 5.74) is 2.53. The molecule has 29 heavy (non-hydrogen) atoms. The Balaban J connectivity index is 1.90. The Hall–Kier alpha value is -2.95. The molecule has 0 saturated carbocycles. The Kier molecular flexibility index (Phi) is 6.47. The molecular weight excluding hydrogens is 368 g/mol. The fraction of sp³-hybridized carbons (Fsp3) is 0.375. The molecule has 0 bridgehead atoms. The van der Waals surface area contributed by atoms with Crippen LogP contribution >= 0.6 is 0 Å². The summed E-state index contributed by atoms with van der Waals surface area (Å²) in [6.45, 7) is 4.25. The molecule has 0 radical (unpaired) electrons. The lowest BCUT2D eigenvalue weighted by Gasteiger charge is -2.27. The average molecular weight is 396 g/mol. The fourth-order valence-corrected chi connectivity index (χ4v) is 3.79. The zero-order chi connectivity index (χ0) is 21.0. The van der Waals surface area contributed by atoms with Crippen molar-refractivity contribution in [2.75, 3.05) is 0 Å². The number of carbonyl (C=O) groups is 1. The maximum absolute atomic E-state index is 12.8. The van der Waals surface area contributed by atoms with Crippen LogP contribution in [-0.2, 0) is 6.42 Å². The molecule has 154 valence electrons. The number of ketones is 1. The molecule has 3 rings (SSSR count). The number of allylic oxidation sites excluding steroid dienone is 2. The van der Waals surface area contributed by atoms with E-state index in [-0.39, 0.29) is 40.8 Å². The lowest BCUT2D eigenvalue weighted by Crippen LogP contribution is -2.20. The van der Waals surface area contributed by atoms with Crippen molar-refractivity contribution in [3.63, 3.8) is 0 Å². The number of ether oxygens (including phenoxy) is 1. The topological polar surface area (TPSA) is 87.0 Å². The van der Waals surface area contributed by atoms with E-state index in [2.05, 4.69) is 13.8 Å². The van der Waals surface area contributed by atoms with Crippen molar-refractivity contribution < 1.29 is 24.9 Å². The number of hydrogen-bond donors (Lipinski definition) is 3. The van der Waals surface area contributed by atoms with Crippen molar-refractivity contribution in [3.8, 4) is 23.0 Å². The van der Waals surface area contributed by atoms with Gasteiger partial charge in [-0.3, -0.25) is 4.79 Å². The molecule has 0 aromatic heterocycles. The molecule has 0 saturated heterocycles. The van der Waals surface area contributed by atoms with Crippen LogP contribution in [0.25, 0.3) is 0 Å². The smallest absolute Gasteiger partial charge is 0.174 e. The van der Waals surface area contributed by atoms with E-state index in [0.29, 0.717) is 12.0 Å². The molecule has 1 heterocycles. The zero-order valence-electron chi connectivity index (χ0n) is 16.9. The number of Topliss-reactive ketones (excluding diaryl/α,β-unsaturated/α-hetero) is 1. The summed E-state index contributed by atoms with van der Waals surface area (Å²) in [6, 6.07) is 7.88. The maximum Gasteiger partial charge on any atom is 0.174 e. The number of phenols is 3. The molecule has 1 atom stereocenters. The summed E-state index contributed by atoms with van der Waals surface area (Å²) in [5.74, 6) is -0.185. The highest BCUT2D eigenvalue weighted by Gasteiger charge is 2.32. The summed E-state index contributed by atoms with van der Waals surface area (Å²) < 4.78 is 5.91.